The van der Waals surface area contributed by atoms with Crippen LogP contribution in [-0.4, -0.2) is 27.5 Å². The van der Waals surface area contributed by atoms with Crippen LogP contribution in [0.2, 0.25) is 0 Å². The first-order valence-corrected chi connectivity index (χ1v) is 6.15. The molecule has 0 saturated carbocycles. The molecule has 2 N–H and O–H groups in total. The molecule has 98 valence electrons. The van der Waals surface area contributed by atoms with Gasteiger partial charge in [0.25, 0.3) is 0 Å². The van der Waals surface area contributed by atoms with Crippen LogP contribution in [0.1, 0.15) is 38.4 Å². The van der Waals surface area contributed by atoms with E-state index in [0.717, 1.165) is 13.0 Å². The normalized spacial score (nSPS) is 14.0. The second-order valence-corrected chi connectivity index (χ2v) is 5.90. The third-order valence-corrected chi connectivity index (χ3v) is 3.00. The first kappa shape index (κ1) is 14.2. The van der Waals surface area contributed by atoms with E-state index < -0.39 is 0 Å². The highest BCUT2D eigenvalue weighted by Crippen LogP contribution is 2.20. The van der Waals surface area contributed by atoms with Gasteiger partial charge >= 0.3 is 0 Å². The van der Waals surface area contributed by atoms with Crippen LogP contribution in [0.4, 0.5) is 0 Å². The Bertz CT molecular complexity index is 352. The Morgan fingerprint density at radius 3 is 2.53 bits per heavy atom. The van der Waals surface area contributed by atoms with E-state index >= 15 is 0 Å². The number of nitrogens with one attached hydrogen (secondary N) is 1. The molecule has 0 amide bonds. The molecule has 17 heavy (non-hydrogen) atoms. The van der Waals surface area contributed by atoms with Crippen molar-refractivity contribution in [3.8, 4) is 0 Å². The minimum atomic E-state index is 0.148. The van der Waals surface area contributed by atoms with E-state index in [2.05, 4.69) is 38.1 Å². The second kappa shape index (κ2) is 5.65. The van der Waals surface area contributed by atoms with Gasteiger partial charge < -0.3 is 10.4 Å². The summed E-state index contributed by atoms with van der Waals surface area (Å²) in [5, 5.41) is 17.0. The van der Waals surface area contributed by atoms with Crippen LogP contribution in [0.15, 0.2) is 6.20 Å². The zero-order chi connectivity index (χ0) is 13.1. The largest absolute Gasteiger partial charge is 0.395 e. The average Bonchev–Trinajstić information content (AvgIpc) is 2.53. The highest BCUT2D eigenvalue weighted by Gasteiger charge is 2.18. The van der Waals surface area contributed by atoms with Crippen molar-refractivity contribution in [1.29, 1.82) is 0 Å². The summed E-state index contributed by atoms with van der Waals surface area (Å²) in [6.07, 6.45) is 2.84. The number of hydrogen-bond donors (Lipinski definition) is 2. The Kier molecular flexibility index (Phi) is 4.71. The van der Waals surface area contributed by atoms with Crippen molar-refractivity contribution in [2.75, 3.05) is 6.61 Å². The molecule has 0 aliphatic heterocycles. The highest BCUT2D eigenvalue weighted by molar-refractivity contribution is 5.15. The van der Waals surface area contributed by atoms with Gasteiger partial charge in [-0.3, -0.25) is 4.68 Å². The molecule has 0 aliphatic carbocycles. The number of rotatable bonds is 5. The Morgan fingerprint density at radius 1 is 1.47 bits per heavy atom. The molecule has 4 nitrogen and oxygen atoms in total. The Hall–Kier alpha value is -0.870. The van der Waals surface area contributed by atoms with E-state index in [1.165, 1.54) is 11.3 Å². The molecule has 0 saturated heterocycles. The van der Waals surface area contributed by atoms with Gasteiger partial charge in [0.1, 0.15) is 0 Å². The fourth-order valence-corrected chi connectivity index (χ4v) is 1.91. The first-order chi connectivity index (χ1) is 7.83. The zero-order valence-electron chi connectivity index (χ0n) is 11.6. The highest BCUT2D eigenvalue weighted by atomic mass is 16.3. The first-order valence-electron chi connectivity index (χ1n) is 6.15. The number of aliphatic hydroxyl groups excluding tert-OH is 1. The van der Waals surface area contributed by atoms with Gasteiger partial charge in [0.2, 0.25) is 0 Å². The van der Waals surface area contributed by atoms with Crippen LogP contribution in [0.5, 0.6) is 0 Å². The molecule has 0 bridgehead atoms. The summed E-state index contributed by atoms with van der Waals surface area (Å²) in [5.74, 6) is 0. The lowest BCUT2D eigenvalue weighted by Crippen LogP contribution is -2.35. The van der Waals surface area contributed by atoms with Gasteiger partial charge in [0.15, 0.2) is 0 Å². The van der Waals surface area contributed by atoms with E-state index in [4.69, 9.17) is 0 Å². The summed E-state index contributed by atoms with van der Waals surface area (Å²) in [4.78, 5) is 0. The third kappa shape index (κ3) is 4.48. The van der Waals surface area contributed by atoms with E-state index in [9.17, 15) is 5.11 Å². The Labute approximate surface area is 104 Å². The standard InChI is InChI=1S/C13H25N3O/c1-10-11(8-15-16(10)5)7-14-12(9-17)6-13(2,3)4/h8,12,14,17H,6-7,9H2,1-5H3. The van der Waals surface area contributed by atoms with E-state index in [1.54, 1.807) is 0 Å². The van der Waals surface area contributed by atoms with Crippen molar-refractivity contribution in [3.63, 3.8) is 0 Å². The molecule has 1 aromatic heterocycles. The molecule has 1 heterocycles. The summed E-state index contributed by atoms with van der Waals surface area (Å²) in [6, 6.07) is 0.148. The number of aromatic nitrogens is 2. The predicted octanol–water partition coefficient (Wildman–Crippen LogP) is 1.62. The Morgan fingerprint density at radius 2 is 2.12 bits per heavy atom. The van der Waals surface area contributed by atoms with Crippen LogP contribution >= 0.6 is 0 Å². The third-order valence-electron chi connectivity index (χ3n) is 3.00. The topological polar surface area (TPSA) is 50.1 Å². The summed E-state index contributed by atoms with van der Waals surface area (Å²) >= 11 is 0. The lowest BCUT2D eigenvalue weighted by Gasteiger charge is -2.25. The molecule has 4 heteroatoms. The van der Waals surface area contributed by atoms with Crippen LogP contribution in [-0.2, 0) is 13.6 Å². The smallest absolute Gasteiger partial charge is 0.0584 e. The average molecular weight is 239 g/mol. The second-order valence-electron chi connectivity index (χ2n) is 5.90. The van der Waals surface area contributed by atoms with Gasteiger partial charge in [-0.25, -0.2) is 0 Å². The maximum Gasteiger partial charge on any atom is 0.0584 e. The summed E-state index contributed by atoms with van der Waals surface area (Å²) in [6.45, 7) is 9.56. The van der Waals surface area contributed by atoms with Gasteiger partial charge in [-0.15, -0.1) is 0 Å². The van der Waals surface area contributed by atoms with Crippen molar-refractivity contribution < 1.29 is 5.11 Å². The molecule has 1 unspecified atom stereocenters. The monoisotopic (exact) mass is 239 g/mol. The molecule has 0 aliphatic rings. The van der Waals surface area contributed by atoms with E-state index in [0.29, 0.717) is 0 Å². The molecule has 0 radical (unpaired) electrons. The maximum absolute atomic E-state index is 9.36. The quantitative estimate of drug-likeness (QED) is 0.821. The van der Waals surface area contributed by atoms with Crippen molar-refractivity contribution in [3.05, 3.63) is 17.5 Å². The molecule has 0 fully saturated rings. The Balaban J connectivity index is 2.51. The van der Waals surface area contributed by atoms with Crippen molar-refractivity contribution >= 4 is 0 Å². The van der Waals surface area contributed by atoms with E-state index in [-0.39, 0.29) is 18.1 Å². The maximum atomic E-state index is 9.36. The van der Waals surface area contributed by atoms with Gasteiger partial charge in [0.05, 0.1) is 12.8 Å². The van der Waals surface area contributed by atoms with Crippen LogP contribution in [0.25, 0.3) is 0 Å². The summed E-state index contributed by atoms with van der Waals surface area (Å²) < 4.78 is 1.87. The lowest BCUT2D eigenvalue weighted by molar-refractivity contribution is 0.198. The lowest BCUT2D eigenvalue weighted by atomic mass is 9.88. The molecular formula is C13H25N3O. The SMILES string of the molecule is Cc1c(CNC(CO)CC(C)(C)C)cnn1C. The van der Waals surface area contributed by atoms with Gasteiger partial charge in [-0.2, -0.15) is 5.10 Å². The fourth-order valence-electron chi connectivity index (χ4n) is 1.91. The van der Waals surface area contributed by atoms with Gasteiger partial charge in [-0.1, -0.05) is 20.8 Å². The van der Waals surface area contributed by atoms with Crippen molar-refractivity contribution in [2.24, 2.45) is 12.5 Å². The number of aryl methyl sites for hydroxylation is 1. The molecule has 1 atom stereocenters. The van der Waals surface area contributed by atoms with Crippen molar-refractivity contribution in [1.82, 2.24) is 15.1 Å². The summed E-state index contributed by atoms with van der Waals surface area (Å²) in [7, 11) is 1.94. The van der Waals surface area contributed by atoms with E-state index in [1.807, 2.05) is 17.9 Å². The fraction of sp³-hybridized carbons (Fsp3) is 0.769. The van der Waals surface area contributed by atoms with Gasteiger partial charge in [-0.05, 0) is 18.8 Å². The van der Waals surface area contributed by atoms with Crippen molar-refractivity contribution in [2.45, 2.75) is 46.7 Å². The van der Waals surface area contributed by atoms with Gasteiger partial charge in [0, 0.05) is 30.9 Å². The molecule has 0 aromatic carbocycles. The molecule has 1 rings (SSSR count). The van der Waals surface area contributed by atoms with Crippen LogP contribution in [0.3, 0.4) is 0 Å². The molecule has 0 spiro atoms. The van der Waals surface area contributed by atoms with Crippen LogP contribution < -0.4 is 5.32 Å². The number of aliphatic hydroxyl groups is 1. The number of nitrogens with zero attached hydrogens (tertiary/aromatic N) is 2. The summed E-state index contributed by atoms with van der Waals surface area (Å²) in [5.41, 5.74) is 2.59. The minimum absolute atomic E-state index is 0.148. The minimum Gasteiger partial charge on any atom is -0.395 e. The van der Waals surface area contributed by atoms with Crippen LogP contribution in [0, 0.1) is 12.3 Å². The zero-order valence-corrected chi connectivity index (χ0v) is 11.6. The predicted molar refractivity (Wildman–Crippen MR) is 69.7 cm³/mol. The number of hydrogen-bond acceptors (Lipinski definition) is 3. The molecule has 1 aromatic rings. The molecular weight excluding hydrogens is 214 g/mol.